The standard InChI is InChI=1S/C29H30O2/c1-2-24-13-15-25(16-14-24)10-6-3-4-9-23-31-28-20-17-26(18-21-28)19-22-29(30)27-11-7-5-8-12-27/h2,5,7-8,11-22H,1,3-4,6,9-10,23H2/b22-19+. The molecule has 2 heteroatoms. The van der Waals surface area contributed by atoms with Gasteiger partial charge in [-0.1, -0.05) is 98.3 Å². The highest BCUT2D eigenvalue weighted by molar-refractivity contribution is 6.06. The van der Waals surface area contributed by atoms with E-state index in [1.807, 2.05) is 66.7 Å². The lowest BCUT2D eigenvalue weighted by molar-refractivity contribution is 0.104. The van der Waals surface area contributed by atoms with Crippen molar-refractivity contribution < 1.29 is 9.53 Å². The van der Waals surface area contributed by atoms with Gasteiger partial charge in [0.05, 0.1) is 6.61 Å². The Labute approximate surface area is 185 Å². The van der Waals surface area contributed by atoms with E-state index in [1.54, 1.807) is 6.08 Å². The summed E-state index contributed by atoms with van der Waals surface area (Å²) in [6, 6.07) is 25.8. The third-order valence-electron chi connectivity index (χ3n) is 5.21. The summed E-state index contributed by atoms with van der Waals surface area (Å²) < 4.78 is 5.85. The number of ether oxygens (including phenoxy) is 1. The second-order valence-electron chi connectivity index (χ2n) is 7.59. The molecule has 2 nitrogen and oxygen atoms in total. The van der Waals surface area contributed by atoms with E-state index in [0.717, 1.165) is 30.8 Å². The van der Waals surface area contributed by atoms with Gasteiger partial charge in [-0.05, 0) is 54.2 Å². The molecule has 3 aromatic rings. The van der Waals surface area contributed by atoms with Crippen LogP contribution in [-0.4, -0.2) is 12.4 Å². The summed E-state index contributed by atoms with van der Waals surface area (Å²) in [5.74, 6) is 0.878. The molecule has 0 aliphatic carbocycles. The molecule has 0 radical (unpaired) electrons. The lowest BCUT2D eigenvalue weighted by Crippen LogP contribution is -1.97. The summed E-state index contributed by atoms with van der Waals surface area (Å²) in [5, 5.41) is 0. The summed E-state index contributed by atoms with van der Waals surface area (Å²) in [4.78, 5) is 12.1. The van der Waals surface area contributed by atoms with Gasteiger partial charge in [0.2, 0.25) is 0 Å². The number of carbonyl (C=O) groups is 1. The van der Waals surface area contributed by atoms with Gasteiger partial charge in [-0.3, -0.25) is 4.79 Å². The molecule has 0 atom stereocenters. The van der Waals surface area contributed by atoms with E-state index < -0.39 is 0 Å². The molecule has 3 rings (SSSR count). The Morgan fingerprint density at radius 2 is 1.45 bits per heavy atom. The van der Waals surface area contributed by atoms with Crippen molar-refractivity contribution in [2.75, 3.05) is 6.61 Å². The predicted molar refractivity (Wildman–Crippen MR) is 130 cm³/mol. The zero-order chi connectivity index (χ0) is 21.7. The van der Waals surface area contributed by atoms with Crippen LogP contribution in [0.4, 0.5) is 0 Å². The quantitative estimate of drug-likeness (QED) is 0.176. The fraction of sp³-hybridized carbons (Fsp3) is 0.207. The molecule has 0 unspecified atom stereocenters. The molecular weight excluding hydrogens is 380 g/mol. The smallest absolute Gasteiger partial charge is 0.185 e. The normalized spacial score (nSPS) is 10.8. The molecule has 158 valence electrons. The van der Waals surface area contributed by atoms with E-state index in [1.165, 1.54) is 30.4 Å². The van der Waals surface area contributed by atoms with Gasteiger partial charge in [0, 0.05) is 5.56 Å². The minimum Gasteiger partial charge on any atom is -0.494 e. The van der Waals surface area contributed by atoms with Crippen LogP contribution in [0.1, 0.15) is 52.7 Å². The van der Waals surface area contributed by atoms with Crippen molar-refractivity contribution in [2.45, 2.75) is 32.1 Å². The van der Waals surface area contributed by atoms with Crippen LogP contribution in [0, 0.1) is 0 Å². The lowest BCUT2D eigenvalue weighted by Gasteiger charge is -2.07. The van der Waals surface area contributed by atoms with Gasteiger partial charge in [-0.2, -0.15) is 0 Å². The van der Waals surface area contributed by atoms with Gasteiger partial charge in [0.1, 0.15) is 5.75 Å². The van der Waals surface area contributed by atoms with Crippen molar-refractivity contribution in [3.05, 3.63) is 114 Å². The van der Waals surface area contributed by atoms with Crippen molar-refractivity contribution in [1.82, 2.24) is 0 Å². The van der Waals surface area contributed by atoms with Gasteiger partial charge in [-0.15, -0.1) is 0 Å². The second kappa shape index (κ2) is 12.3. The Balaban J connectivity index is 1.30. The molecule has 0 saturated carbocycles. The zero-order valence-electron chi connectivity index (χ0n) is 18.0. The first-order valence-corrected chi connectivity index (χ1v) is 11.0. The van der Waals surface area contributed by atoms with Crippen LogP contribution in [0.2, 0.25) is 0 Å². The Kier molecular flexibility index (Phi) is 8.88. The van der Waals surface area contributed by atoms with Crippen molar-refractivity contribution >= 4 is 17.9 Å². The first-order valence-electron chi connectivity index (χ1n) is 11.0. The molecule has 0 aliphatic rings. The number of ketones is 1. The SMILES string of the molecule is C=Cc1ccc(CCCCCCOc2ccc(/C=C/C(=O)c3ccccc3)cc2)cc1. The number of aryl methyl sites for hydroxylation is 1. The highest BCUT2D eigenvalue weighted by Crippen LogP contribution is 2.15. The first kappa shape index (κ1) is 22.3. The summed E-state index contributed by atoms with van der Waals surface area (Å²) in [6.07, 6.45) is 11.1. The van der Waals surface area contributed by atoms with Crippen molar-refractivity contribution in [3.8, 4) is 5.75 Å². The minimum atomic E-state index is 0.00899. The molecule has 0 fully saturated rings. The maximum atomic E-state index is 12.1. The molecule has 0 saturated heterocycles. The van der Waals surface area contributed by atoms with Gasteiger partial charge in [0.15, 0.2) is 5.78 Å². The minimum absolute atomic E-state index is 0.00899. The zero-order valence-corrected chi connectivity index (χ0v) is 18.0. The van der Waals surface area contributed by atoms with Gasteiger partial charge in [0.25, 0.3) is 0 Å². The largest absolute Gasteiger partial charge is 0.494 e. The Morgan fingerprint density at radius 1 is 0.774 bits per heavy atom. The molecule has 0 amide bonds. The predicted octanol–water partition coefficient (Wildman–Crippen LogP) is 7.41. The third-order valence-corrected chi connectivity index (χ3v) is 5.21. The third kappa shape index (κ3) is 7.75. The van der Waals surface area contributed by atoms with E-state index in [0.29, 0.717) is 5.56 Å². The number of carbonyl (C=O) groups excluding carboxylic acids is 1. The fourth-order valence-electron chi connectivity index (χ4n) is 3.34. The number of hydrogen-bond acceptors (Lipinski definition) is 2. The van der Waals surface area contributed by atoms with Crippen LogP contribution >= 0.6 is 0 Å². The van der Waals surface area contributed by atoms with E-state index >= 15 is 0 Å². The maximum absolute atomic E-state index is 12.1. The molecule has 0 N–H and O–H groups in total. The fourth-order valence-corrected chi connectivity index (χ4v) is 3.34. The number of rotatable bonds is 12. The molecule has 0 aromatic heterocycles. The van der Waals surface area contributed by atoms with E-state index in [2.05, 4.69) is 30.8 Å². The lowest BCUT2D eigenvalue weighted by atomic mass is 10.0. The molecule has 0 aliphatic heterocycles. The highest BCUT2D eigenvalue weighted by atomic mass is 16.5. The van der Waals surface area contributed by atoms with Crippen molar-refractivity contribution in [1.29, 1.82) is 0 Å². The number of allylic oxidation sites excluding steroid dienone is 1. The summed E-state index contributed by atoms with van der Waals surface area (Å²) in [5.41, 5.74) is 4.24. The molecule has 0 spiro atoms. The molecule has 0 heterocycles. The second-order valence-corrected chi connectivity index (χ2v) is 7.59. The first-order chi connectivity index (χ1) is 15.2. The molecular formula is C29H30O2. The Morgan fingerprint density at radius 3 is 2.16 bits per heavy atom. The topological polar surface area (TPSA) is 26.3 Å². The van der Waals surface area contributed by atoms with Crippen LogP contribution in [0.5, 0.6) is 5.75 Å². The van der Waals surface area contributed by atoms with E-state index in [-0.39, 0.29) is 5.78 Å². The number of hydrogen-bond donors (Lipinski definition) is 0. The molecule has 0 bridgehead atoms. The van der Waals surface area contributed by atoms with Crippen LogP contribution in [0.25, 0.3) is 12.2 Å². The van der Waals surface area contributed by atoms with Gasteiger partial charge >= 0.3 is 0 Å². The maximum Gasteiger partial charge on any atom is 0.185 e. The Hall–Kier alpha value is -3.39. The number of unbranched alkanes of at least 4 members (excludes halogenated alkanes) is 3. The molecule has 3 aromatic carbocycles. The summed E-state index contributed by atoms with van der Waals surface area (Å²) in [6.45, 7) is 4.52. The van der Waals surface area contributed by atoms with Crippen molar-refractivity contribution in [3.63, 3.8) is 0 Å². The van der Waals surface area contributed by atoms with E-state index in [4.69, 9.17) is 4.74 Å². The van der Waals surface area contributed by atoms with Crippen LogP contribution in [0.15, 0.2) is 91.5 Å². The van der Waals surface area contributed by atoms with Crippen LogP contribution < -0.4 is 4.74 Å². The average molecular weight is 411 g/mol. The Bertz CT molecular complexity index is 968. The average Bonchev–Trinajstić information content (AvgIpc) is 2.83. The molecule has 31 heavy (non-hydrogen) atoms. The van der Waals surface area contributed by atoms with E-state index in [9.17, 15) is 4.79 Å². The summed E-state index contributed by atoms with van der Waals surface area (Å²) in [7, 11) is 0. The van der Waals surface area contributed by atoms with Gasteiger partial charge < -0.3 is 4.74 Å². The highest BCUT2D eigenvalue weighted by Gasteiger charge is 2.00. The number of benzene rings is 3. The van der Waals surface area contributed by atoms with Crippen LogP contribution in [-0.2, 0) is 6.42 Å². The van der Waals surface area contributed by atoms with Crippen LogP contribution in [0.3, 0.4) is 0 Å². The van der Waals surface area contributed by atoms with Gasteiger partial charge in [-0.25, -0.2) is 0 Å². The summed E-state index contributed by atoms with van der Waals surface area (Å²) >= 11 is 0. The monoisotopic (exact) mass is 410 g/mol. The van der Waals surface area contributed by atoms with Crippen molar-refractivity contribution in [2.24, 2.45) is 0 Å².